The summed E-state index contributed by atoms with van der Waals surface area (Å²) in [4.78, 5) is 21.7. The van der Waals surface area contributed by atoms with Crippen LogP contribution in [0, 0.1) is 10.1 Å². The second kappa shape index (κ2) is 4.42. The minimum absolute atomic E-state index is 0.0266. The van der Waals surface area contributed by atoms with Crippen molar-refractivity contribution in [2.24, 2.45) is 5.73 Å². The first-order chi connectivity index (χ1) is 8.00. The maximum atomic E-state index is 11.7. The van der Waals surface area contributed by atoms with Gasteiger partial charge >= 0.3 is 5.00 Å². The van der Waals surface area contributed by atoms with Crippen LogP contribution in [-0.2, 0) is 0 Å². The molecule has 0 saturated heterocycles. The highest BCUT2D eigenvalue weighted by atomic mass is 32.1. The summed E-state index contributed by atoms with van der Waals surface area (Å²) in [6.45, 7) is 0.426. The fourth-order valence-electron chi connectivity index (χ4n) is 1.71. The Bertz CT molecular complexity index is 453. The number of hydrogen-bond donors (Lipinski definition) is 2. The van der Waals surface area contributed by atoms with Gasteiger partial charge in [-0.15, -0.1) is 0 Å². The molecule has 0 spiro atoms. The molecule has 0 radical (unpaired) electrons. The molecule has 3 N–H and O–H groups in total. The molecule has 92 valence electrons. The highest BCUT2D eigenvalue weighted by molar-refractivity contribution is 7.13. The lowest BCUT2D eigenvalue weighted by atomic mass is 9.78. The van der Waals surface area contributed by atoms with Crippen LogP contribution in [0.4, 0.5) is 5.00 Å². The van der Waals surface area contributed by atoms with Gasteiger partial charge in [0.15, 0.2) is 0 Å². The fourth-order valence-corrected chi connectivity index (χ4v) is 2.41. The summed E-state index contributed by atoms with van der Waals surface area (Å²) >= 11 is 0.948. The summed E-state index contributed by atoms with van der Waals surface area (Å²) in [6.07, 6.45) is 2.92. The Kier molecular flexibility index (Phi) is 3.12. The maximum absolute atomic E-state index is 11.7. The highest BCUT2D eigenvalue weighted by Crippen LogP contribution is 2.28. The van der Waals surface area contributed by atoms with E-state index in [2.05, 4.69) is 5.32 Å². The third kappa shape index (κ3) is 2.62. The molecular formula is C10H13N3O3S. The maximum Gasteiger partial charge on any atom is 0.324 e. The van der Waals surface area contributed by atoms with Gasteiger partial charge in [-0.05, 0) is 19.3 Å². The summed E-state index contributed by atoms with van der Waals surface area (Å²) in [6, 6.07) is 1.28. The second-order valence-electron chi connectivity index (χ2n) is 4.33. The Hall–Kier alpha value is -1.47. The molecule has 2 rings (SSSR count). The number of hydrogen-bond acceptors (Lipinski definition) is 5. The molecular weight excluding hydrogens is 242 g/mol. The summed E-state index contributed by atoms with van der Waals surface area (Å²) in [5.41, 5.74) is 6.01. The number of nitrogens with two attached hydrogens (primary N) is 1. The number of carbonyl (C=O) groups is 1. The predicted molar refractivity (Wildman–Crippen MR) is 64.1 cm³/mol. The van der Waals surface area contributed by atoms with Gasteiger partial charge in [0.1, 0.15) is 0 Å². The van der Waals surface area contributed by atoms with E-state index >= 15 is 0 Å². The molecule has 0 atom stereocenters. The van der Waals surface area contributed by atoms with Crippen LogP contribution in [0.3, 0.4) is 0 Å². The predicted octanol–water partition coefficient (Wildman–Crippen LogP) is 1.27. The molecule has 1 heterocycles. The monoisotopic (exact) mass is 255 g/mol. The lowest BCUT2D eigenvalue weighted by Crippen LogP contribution is -2.54. The van der Waals surface area contributed by atoms with E-state index in [0.717, 1.165) is 30.6 Å². The minimum atomic E-state index is -0.502. The van der Waals surface area contributed by atoms with E-state index in [1.807, 2.05) is 0 Å². The zero-order chi connectivity index (χ0) is 12.5. The number of carbonyl (C=O) groups excluding carboxylic acids is 1. The Labute approximate surface area is 102 Å². The van der Waals surface area contributed by atoms with Crippen molar-refractivity contribution in [3.05, 3.63) is 27.1 Å². The minimum Gasteiger partial charge on any atom is -0.350 e. The molecule has 1 amide bonds. The molecule has 1 fully saturated rings. The summed E-state index contributed by atoms with van der Waals surface area (Å²) < 4.78 is 0. The van der Waals surface area contributed by atoms with Crippen LogP contribution in [0.25, 0.3) is 0 Å². The van der Waals surface area contributed by atoms with Crippen molar-refractivity contribution in [2.75, 3.05) is 6.54 Å². The van der Waals surface area contributed by atoms with Gasteiger partial charge in [-0.2, -0.15) is 0 Å². The van der Waals surface area contributed by atoms with Crippen molar-refractivity contribution >= 4 is 22.2 Å². The smallest absolute Gasteiger partial charge is 0.324 e. The number of nitrogens with one attached hydrogen (secondary N) is 1. The number of thiophene rings is 1. The molecule has 7 heteroatoms. The molecule has 0 aromatic carbocycles. The Balaban J connectivity index is 1.92. The number of amides is 1. The molecule has 1 saturated carbocycles. The van der Waals surface area contributed by atoms with Crippen molar-refractivity contribution in [2.45, 2.75) is 24.8 Å². The van der Waals surface area contributed by atoms with E-state index in [4.69, 9.17) is 5.73 Å². The Morgan fingerprint density at radius 2 is 2.35 bits per heavy atom. The lowest BCUT2D eigenvalue weighted by Gasteiger charge is -2.38. The summed E-state index contributed by atoms with van der Waals surface area (Å²) in [5, 5.41) is 14.6. The Morgan fingerprint density at radius 3 is 2.82 bits per heavy atom. The lowest BCUT2D eigenvalue weighted by molar-refractivity contribution is -0.380. The Morgan fingerprint density at radius 1 is 1.65 bits per heavy atom. The van der Waals surface area contributed by atoms with Gasteiger partial charge in [0.2, 0.25) is 0 Å². The van der Waals surface area contributed by atoms with Crippen LogP contribution in [-0.4, -0.2) is 22.9 Å². The molecule has 0 bridgehead atoms. The first-order valence-corrected chi connectivity index (χ1v) is 6.18. The van der Waals surface area contributed by atoms with Gasteiger partial charge in [-0.3, -0.25) is 14.9 Å². The fraction of sp³-hybridized carbons (Fsp3) is 0.500. The molecule has 1 aromatic heterocycles. The van der Waals surface area contributed by atoms with Crippen molar-refractivity contribution in [1.29, 1.82) is 0 Å². The van der Waals surface area contributed by atoms with Gasteiger partial charge < -0.3 is 11.1 Å². The van der Waals surface area contributed by atoms with Crippen LogP contribution in [0.2, 0.25) is 0 Å². The van der Waals surface area contributed by atoms with Crippen molar-refractivity contribution in [3.63, 3.8) is 0 Å². The molecule has 1 aliphatic rings. The summed E-state index contributed by atoms with van der Waals surface area (Å²) in [5.74, 6) is -0.300. The van der Waals surface area contributed by atoms with Crippen molar-refractivity contribution in [1.82, 2.24) is 5.32 Å². The topological polar surface area (TPSA) is 98.3 Å². The third-order valence-corrected chi connectivity index (χ3v) is 3.86. The average Bonchev–Trinajstić information content (AvgIpc) is 2.72. The highest BCUT2D eigenvalue weighted by Gasteiger charge is 2.32. The van der Waals surface area contributed by atoms with Gasteiger partial charge in [0, 0.05) is 23.5 Å². The first kappa shape index (κ1) is 12.0. The quantitative estimate of drug-likeness (QED) is 0.625. The standard InChI is InChI=1S/C10H13N3O3S/c11-10(2-1-3-10)6-12-9(14)7-4-8(13(15)16)17-5-7/h4-5H,1-3,6,11H2,(H,12,14). The van der Waals surface area contributed by atoms with Crippen LogP contribution >= 0.6 is 11.3 Å². The van der Waals surface area contributed by atoms with E-state index in [0.29, 0.717) is 12.1 Å². The van der Waals surface area contributed by atoms with Crippen LogP contribution < -0.4 is 11.1 Å². The summed E-state index contributed by atoms with van der Waals surface area (Å²) in [7, 11) is 0. The first-order valence-electron chi connectivity index (χ1n) is 5.30. The van der Waals surface area contributed by atoms with Gasteiger partial charge in [0.05, 0.1) is 10.5 Å². The van der Waals surface area contributed by atoms with E-state index in [1.165, 1.54) is 11.4 Å². The van der Waals surface area contributed by atoms with E-state index in [1.54, 1.807) is 0 Å². The molecule has 1 aromatic rings. The molecule has 6 nitrogen and oxygen atoms in total. The molecule has 0 aliphatic heterocycles. The van der Waals surface area contributed by atoms with Crippen LogP contribution in [0.5, 0.6) is 0 Å². The van der Waals surface area contributed by atoms with E-state index in [-0.39, 0.29) is 16.4 Å². The SMILES string of the molecule is NC1(CNC(=O)c2csc([N+](=O)[O-])c2)CCC1. The third-order valence-electron chi connectivity index (χ3n) is 2.98. The van der Waals surface area contributed by atoms with Crippen LogP contribution in [0.1, 0.15) is 29.6 Å². The van der Waals surface area contributed by atoms with Gasteiger partial charge in [-0.1, -0.05) is 11.3 Å². The number of nitro groups is 1. The van der Waals surface area contributed by atoms with Gasteiger partial charge in [-0.25, -0.2) is 0 Å². The molecule has 17 heavy (non-hydrogen) atoms. The normalized spacial score (nSPS) is 17.2. The van der Waals surface area contributed by atoms with Crippen LogP contribution in [0.15, 0.2) is 11.4 Å². The number of rotatable bonds is 4. The van der Waals surface area contributed by atoms with Crippen molar-refractivity contribution < 1.29 is 9.72 Å². The zero-order valence-corrected chi connectivity index (χ0v) is 9.96. The molecule has 1 aliphatic carbocycles. The zero-order valence-electron chi connectivity index (χ0n) is 9.14. The van der Waals surface area contributed by atoms with Crippen molar-refractivity contribution in [3.8, 4) is 0 Å². The average molecular weight is 255 g/mol. The molecule has 0 unspecified atom stereocenters. The van der Waals surface area contributed by atoms with Gasteiger partial charge in [0.25, 0.3) is 5.91 Å². The van der Waals surface area contributed by atoms with E-state index in [9.17, 15) is 14.9 Å². The second-order valence-corrected chi connectivity index (χ2v) is 5.22. The number of nitrogens with zero attached hydrogens (tertiary/aromatic N) is 1. The van der Waals surface area contributed by atoms with E-state index < -0.39 is 4.92 Å². The largest absolute Gasteiger partial charge is 0.350 e.